The van der Waals surface area contributed by atoms with Gasteiger partial charge in [0, 0.05) is 19.3 Å². The summed E-state index contributed by atoms with van der Waals surface area (Å²) in [6.45, 7) is 7.48. The first-order chi connectivity index (χ1) is 9.97. The number of aryl methyl sites for hydroxylation is 3. The molecule has 0 aliphatic rings. The van der Waals surface area contributed by atoms with Crippen LogP contribution in [0.15, 0.2) is 21.9 Å². The molecule has 0 aliphatic carbocycles. The third-order valence-corrected chi connectivity index (χ3v) is 4.00. The zero-order valence-corrected chi connectivity index (χ0v) is 14.6. The van der Waals surface area contributed by atoms with E-state index in [1.165, 1.54) is 4.57 Å². The molecule has 0 radical (unpaired) electrons. The highest BCUT2D eigenvalue weighted by molar-refractivity contribution is 14.1. The van der Waals surface area contributed by atoms with Gasteiger partial charge >= 0.3 is 5.69 Å². The van der Waals surface area contributed by atoms with Crippen molar-refractivity contribution in [2.75, 3.05) is 0 Å². The lowest BCUT2D eigenvalue weighted by molar-refractivity contribution is 0.538. The van der Waals surface area contributed by atoms with Gasteiger partial charge in [0.15, 0.2) is 0 Å². The number of rotatable bonds is 5. The number of hydrogen-bond donors (Lipinski definition) is 0. The molecule has 21 heavy (non-hydrogen) atoms. The fourth-order valence-corrected chi connectivity index (χ4v) is 2.95. The Morgan fingerprint density at radius 1 is 1.29 bits per heavy atom. The highest BCUT2D eigenvalue weighted by Gasteiger charge is 2.12. The highest BCUT2D eigenvalue weighted by Crippen LogP contribution is 2.05. The zero-order valence-electron chi connectivity index (χ0n) is 12.5. The molecule has 0 atom stereocenters. The van der Waals surface area contributed by atoms with Crippen LogP contribution in [-0.4, -0.2) is 18.9 Å². The minimum Gasteiger partial charge on any atom is -0.299 e. The Hall–Kier alpha value is -1.38. The minimum absolute atomic E-state index is 0.241. The van der Waals surface area contributed by atoms with Crippen molar-refractivity contribution in [3.63, 3.8) is 0 Å². The summed E-state index contributed by atoms with van der Waals surface area (Å²) in [5.74, 6) is 0. The molecule has 0 saturated heterocycles. The topological polar surface area (TPSA) is 61.8 Å². The van der Waals surface area contributed by atoms with Crippen LogP contribution in [-0.2, 0) is 19.6 Å². The Morgan fingerprint density at radius 3 is 2.62 bits per heavy atom. The van der Waals surface area contributed by atoms with Gasteiger partial charge in [0.05, 0.1) is 21.5 Å². The Morgan fingerprint density at radius 2 is 2.00 bits per heavy atom. The molecule has 0 bridgehead atoms. The van der Waals surface area contributed by atoms with Crippen molar-refractivity contribution in [1.82, 2.24) is 18.9 Å². The highest BCUT2D eigenvalue weighted by atomic mass is 127. The maximum Gasteiger partial charge on any atom is 0.331 e. The third kappa shape index (κ3) is 3.28. The van der Waals surface area contributed by atoms with E-state index >= 15 is 0 Å². The Balaban J connectivity index is 2.53. The molecule has 0 aromatic carbocycles. The molecule has 7 heteroatoms. The van der Waals surface area contributed by atoms with E-state index in [-0.39, 0.29) is 17.8 Å². The van der Waals surface area contributed by atoms with Crippen LogP contribution in [0.3, 0.4) is 0 Å². The van der Waals surface area contributed by atoms with Gasteiger partial charge in [-0.05, 0) is 48.9 Å². The van der Waals surface area contributed by atoms with Crippen molar-refractivity contribution in [1.29, 1.82) is 0 Å². The van der Waals surface area contributed by atoms with Gasteiger partial charge in [-0.1, -0.05) is 6.92 Å². The van der Waals surface area contributed by atoms with Crippen LogP contribution >= 0.6 is 22.6 Å². The van der Waals surface area contributed by atoms with Gasteiger partial charge in [-0.15, -0.1) is 0 Å². The summed E-state index contributed by atoms with van der Waals surface area (Å²) in [5.41, 5.74) is 1.26. The summed E-state index contributed by atoms with van der Waals surface area (Å²) in [6.07, 6.45) is 2.48. The molecule has 2 aromatic rings. The summed E-state index contributed by atoms with van der Waals surface area (Å²) in [5, 5.41) is 4.36. The first-order valence-electron chi connectivity index (χ1n) is 7.01. The van der Waals surface area contributed by atoms with E-state index < -0.39 is 0 Å². The molecule has 0 N–H and O–H groups in total. The molecule has 0 fully saturated rings. The third-order valence-electron chi connectivity index (χ3n) is 3.26. The minimum atomic E-state index is -0.260. The van der Waals surface area contributed by atoms with Crippen LogP contribution < -0.4 is 11.2 Å². The predicted octanol–water partition coefficient (Wildman–Crippen LogP) is 1.60. The summed E-state index contributed by atoms with van der Waals surface area (Å²) in [4.78, 5) is 24.7. The van der Waals surface area contributed by atoms with Crippen molar-refractivity contribution < 1.29 is 0 Å². The number of halogens is 1. The SMILES string of the molecule is CCCn1cc(I)c(=O)n(Cc2cc(C)nn2CC)c1=O. The van der Waals surface area contributed by atoms with Crippen molar-refractivity contribution in [2.45, 2.75) is 46.8 Å². The van der Waals surface area contributed by atoms with E-state index in [9.17, 15) is 9.59 Å². The van der Waals surface area contributed by atoms with E-state index in [2.05, 4.69) is 5.10 Å². The van der Waals surface area contributed by atoms with Gasteiger partial charge < -0.3 is 0 Å². The fraction of sp³-hybridized carbons (Fsp3) is 0.500. The van der Waals surface area contributed by atoms with E-state index in [4.69, 9.17) is 0 Å². The number of aromatic nitrogens is 4. The largest absolute Gasteiger partial charge is 0.331 e. The maximum absolute atomic E-state index is 12.4. The maximum atomic E-state index is 12.4. The summed E-state index contributed by atoms with van der Waals surface area (Å²) >= 11 is 1.98. The van der Waals surface area contributed by atoms with E-state index in [1.54, 1.807) is 10.8 Å². The molecule has 114 valence electrons. The first-order valence-corrected chi connectivity index (χ1v) is 8.08. The molecule has 0 amide bonds. The van der Waals surface area contributed by atoms with Crippen LogP contribution in [0.4, 0.5) is 0 Å². The zero-order chi connectivity index (χ0) is 15.6. The van der Waals surface area contributed by atoms with Crippen LogP contribution in [0.25, 0.3) is 0 Å². The Labute approximate surface area is 136 Å². The van der Waals surface area contributed by atoms with Gasteiger partial charge in [0.1, 0.15) is 0 Å². The standard InChI is InChI=1S/C14H19IN4O2/c1-4-6-17-9-12(15)13(20)18(14(17)21)8-11-7-10(3)16-19(11)5-2/h7,9H,4-6,8H2,1-3H3. The van der Waals surface area contributed by atoms with Crippen LogP contribution in [0, 0.1) is 10.5 Å². The Kier molecular flexibility index (Phi) is 5.02. The molecule has 0 unspecified atom stereocenters. The van der Waals surface area contributed by atoms with Crippen LogP contribution in [0.5, 0.6) is 0 Å². The average Bonchev–Trinajstić information content (AvgIpc) is 2.81. The average molecular weight is 402 g/mol. The molecule has 2 rings (SSSR count). The molecule has 2 heterocycles. The monoisotopic (exact) mass is 402 g/mol. The van der Waals surface area contributed by atoms with Crippen LogP contribution in [0.1, 0.15) is 31.7 Å². The van der Waals surface area contributed by atoms with E-state index in [0.29, 0.717) is 16.7 Å². The number of hydrogen-bond acceptors (Lipinski definition) is 3. The molecular weight excluding hydrogens is 383 g/mol. The van der Waals surface area contributed by atoms with Crippen molar-refractivity contribution in [3.8, 4) is 0 Å². The smallest absolute Gasteiger partial charge is 0.299 e. The van der Waals surface area contributed by atoms with E-state index in [0.717, 1.165) is 17.8 Å². The summed E-state index contributed by atoms with van der Waals surface area (Å²) in [6, 6.07) is 1.92. The quantitative estimate of drug-likeness (QED) is 0.714. The normalized spacial score (nSPS) is 11.0. The lowest BCUT2D eigenvalue weighted by Gasteiger charge is -2.11. The fourth-order valence-electron chi connectivity index (χ4n) is 2.32. The molecule has 6 nitrogen and oxygen atoms in total. The lowest BCUT2D eigenvalue weighted by Crippen LogP contribution is -2.41. The van der Waals surface area contributed by atoms with Crippen molar-refractivity contribution >= 4 is 22.6 Å². The Bertz CT molecular complexity index is 757. The summed E-state index contributed by atoms with van der Waals surface area (Å²) in [7, 11) is 0. The van der Waals surface area contributed by atoms with Gasteiger partial charge in [-0.2, -0.15) is 5.10 Å². The molecule has 0 saturated carbocycles. The van der Waals surface area contributed by atoms with Gasteiger partial charge in [-0.25, -0.2) is 4.79 Å². The van der Waals surface area contributed by atoms with Crippen molar-refractivity contribution in [3.05, 3.63) is 48.1 Å². The second-order valence-electron chi connectivity index (χ2n) is 4.94. The summed E-state index contributed by atoms with van der Waals surface area (Å²) < 4.78 is 5.27. The second-order valence-corrected chi connectivity index (χ2v) is 6.10. The van der Waals surface area contributed by atoms with Crippen molar-refractivity contribution in [2.24, 2.45) is 0 Å². The second kappa shape index (κ2) is 6.59. The number of nitrogens with zero attached hydrogens (tertiary/aromatic N) is 4. The molecule has 0 spiro atoms. The van der Waals surface area contributed by atoms with E-state index in [1.807, 2.05) is 54.1 Å². The van der Waals surface area contributed by atoms with Crippen LogP contribution in [0.2, 0.25) is 0 Å². The first kappa shape index (κ1) is 16.0. The lowest BCUT2D eigenvalue weighted by atomic mass is 10.3. The van der Waals surface area contributed by atoms with Gasteiger partial charge in [0.25, 0.3) is 5.56 Å². The van der Waals surface area contributed by atoms with Gasteiger partial charge in [-0.3, -0.25) is 18.6 Å². The molecule has 2 aromatic heterocycles. The molecule has 0 aliphatic heterocycles. The molecular formula is C14H19IN4O2. The predicted molar refractivity (Wildman–Crippen MR) is 89.7 cm³/mol. The van der Waals surface area contributed by atoms with Gasteiger partial charge in [0.2, 0.25) is 0 Å².